The van der Waals surface area contributed by atoms with Gasteiger partial charge in [-0.2, -0.15) is 0 Å². The number of hydrogen-bond donors (Lipinski definition) is 1. The maximum atomic E-state index is 11.3. The molecule has 3 aromatic heterocycles. The molecule has 0 saturated heterocycles. The summed E-state index contributed by atoms with van der Waals surface area (Å²) in [5, 5.41) is 17.5. The van der Waals surface area contributed by atoms with E-state index < -0.39 is 11.9 Å². The summed E-state index contributed by atoms with van der Waals surface area (Å²) in [5.41, 5.74) is 3.02. The van der Waals surface area contributed by atoms with Crippen molar-refractivity contribution in [1.82, 2.24) is 24.6 Å². The minimum Gasteiger partial charge on any atom is -0.481 e. The molecule has 118 valence electrons. The molecule has 1 unspecified atom stereocenters. The van der Waals surface area contributed by atoms with Gasteiger partial charge >= 0.3 is 5.97 Å². The quantitative estimate of drug-likeness (QED) is 0.777. The zero-order chi connectivity index (χ0) is 16.4. The predicted molar refractivity (Wildman–Crippen MR) is 84.1 cm³/mol. The zero-order valence-electron chi connectivity index (χ0n) is 13.0. The molecule has 0 amide bonds. The van der Waals surface area contributed by atoms with Gasteiger partial charge in [0.2, 0.25) is 0 Å². The Kier molecular flexibility index (Phi) is 4.01. The van der Waals surface area contributed by atoms with Gasteiger partial charge in [0, 0.05) is 24.2 Å². The molecule has 3 heterocycles. The summed E-state index contributed by atoms with van der Waals surface area (Å²) in [6.45, 7) is 3.66. The molecule has 0 spiro atoms. The summed E-state index contributed by atoms with van der Waals surface area (Å²) in [5.74, 6) is -1.28. The van der Waals surface area contributed by atoms with Crippen molar-refractivity contribution in [3.63, 3.8) is 0 Å². The fourth-order valence-corrected chi connectivity index (χ4v) is 2.44. The van der Waals surface area contributed by atoms with Gasteiger partial charge in [-0.05, 0) is 25.5 Å². The second kappa shape index (κ2) is 6.12. The number of aryl methyl sites for hydroxylation is 1. The molecule has 1 atom stereocenters. The Morgan fingerprint density at radius 3 is 2.87 bits per heavy atom. The molecule has 0 fully saturated rings. The minimum atomic E-state index is -0.934. The zero-order valence-corrected chi connectivity index (χ0v) is 13.0. The first-order valence-electron chi connectivity index (χ1n) is 7.49. The van der Waals surface area contributed by atoms with Gasteiger partial charge in [0.05, 0.1) is 11.4 Å². The average Bonchev–Trinajstić information content (AvgIpc) is 2.99. The van der Waals surface area contributed by atoms with Gasteiger partial charge in [0.1, 0.15) is 5.92 Å². The normalized spacial score (nSPS) is 12.4. The smallest absolute Gasteiger partial charge is 0.313 e. The number of carbonyl (C=O) groups is 1. The molecule has 0 radical (unpaired) electrons. The van der Waals surface area contributed by atoms with Crippen LogP contribution in [0.1, 0.15) is 37.7 Å². The Morgan fingerprint density at radius 1 is 1.39 bits per heavy atom. The maximum Gasteiger partial charge on any atom is 0.313 e. The molecule has 23 heavy (non-hydrogen) atoms. The van der Waals surface area contributed by atoms with Crippen LogP contribution in [0.15, 0.2) is 30.7 Å². The lowest BCUT2D eigenvalue weighted by Gasteiger charge is -2.09. The number of aromatic nitrogens is 5. The van der Waals surface area contributed by atoms with Crippen molar-refractivity contribution in [1.29, 1.82) is 0 Å². The molecular formula is C16H17N5O2. The number of nitrogens with zero attached hydrogens (tertiary/aromatic N) is 5. The summed E-state index contributed by atoms with van der Waals surface area (Å²) in [4.78, 5) is 20.1. The van der Waals surface area contributed by atoms with Crippen molar-refractivity contribution in [2.45, 2.75) is 32.6 Å². The highest BCUT2D eigenvalue weighted by Gasteiger charge is 2.22. The number of carboxylic acid groups (broad SMARTS) is 1. The molecule has 0 saturated carbocycles. The lowest BCUT2D eigenvalue weighted by molar-refractivity contribution is -0.138. The Balaban J connectivity index is 2.23. The van der Waals surface area contributed by atoms with E-state index >= 15 is 0 Å². The van der Waals surface area contributed by atoms with Crippen molar-refractivity contribution in [3.8, 4) is 11.3 Å². The molecule has 0 aromatic carbocycles. The van der Waals surface area contributed by atoms with E-state index in [9.17, 15) is 9.90 Å². The van der Waals surface area contributed by atoms with E-state index in [2.05, 4.69) is 27.1 Å². The van der Waals surface area contributed by atoms with Gasteiger partial charge in [0.25, 0.3) is 0 Å². The van der Waals surface area contributed by atoms with Crippen LogP contribution in [0.3, 0.4) is 0 Å². The van der Waals surface area contributed by atoms with Gasteiger partial charge < -0.3 is 5.11 Å². The van der Waals surface area contributed by atoms with Crippen LogP contribution in [0.25, 0.3) is 16.9 Å². The van der Waals surface area contributed by atoms with Gasteiger partial charge in [-0.1, -0.05) is 13.3 Å². The Bertz CT molecular complexity index is 844. The summed E-state index contributed by atoms with van der Waals surface area (Å²) < 4.78 is 1.74. The largest absolute Gasteiger partial charge is 0.481 e. The van der Waals surface area contributed by atoms with Gasteiger partial charge in [0.15, 0.2) is 11.5 Å². The van der Waals surface area contributed by atoms with Crippen LogP contribution < -0.4 is 0 Å². The maximum absolute atomic E-state index is 11.3. The standard InChI is InChI=1S/C16H17N5O2/c1-3-5-12-15-20-19-14(10(2)16(22)23)21(15)9-13(18-12)11-6-4-7-17-8-11/h4,6-10H,3,5H2,1-2H3,(H,22,23). The van der Waals surface area contributed by atoms with Crippen LogP contribution in [0.4, 0.5) is 0 Å². The molecule has 0 aliphatic rings. The summed E-state index contributed by atoms with van der Waals surface area (Å²) >= 11 is 0. The molecule has 0 bridgehead atoms. The van der Waals surface area contributed by atoms with Crippen LogP contribution in [0, 0.1) is 0 Å². The van der Waals surface area contributed by atoms with Crippen molar-refractivity contribution >= 4 is 11.6 Å². The minimum absolute atomic E-state index is 0.400. The highest BCUT2D eigenvalue weighted by molar-refractivity contribution is 5.74. The van der Waals surface area contributed by atoms with Gasteiger partial charge in [-0.25, -0.2) is 4.98 Å². The van der Waals surface area contributed by atoms with E-state index in [1.165, 1.54) is 0 Å². The number of fused-ring (bicyclic) bond motifs is 1. The second-order valence-corrected chi connectivity index (χ2v) is 5.38. The van der Waals surface area contributed by atoms with Crippen LogP contribution >= 0.6 is 0 Å². The third kappa shape index (κ3) is 2.77. The summed E-state index contributed by atoms with van der Waals surface area (Å²) in [6.07, 6.45) is 6.87. The fourth-order valence-electron chi connectivity index (χ4n) is 2.44. The first-order chi connectivity index (χ1) is 11.1. The molecule has 1 N–H and O–H groups in total. The topological polar surface area (TPSA) is 93.3 Å². The molecule has 7 nitrogen and oxygen atoms in total. The lowest BCUT2D eigenvalue weighted by Crippen LogP contribution is -2.12. The summed E-state index contributed by atoms with van der Waals surface area (Å²) in [7, 11) is 0. The summed E-state index contributed by atoms with van der Waals surface area (Å²) in [6, 6.07) is 3.76. The van der Waals surface area contributed by atoms with Crippen molar-refractivity contribution in [3.05, 3.63) is 42.2 Å². The molecule has 0 aliphatic carbocycles. The van der Waals surface area contributed by atoms with Gasteiger partial charge in [-0.15, -0.1) is 10.2 Å². The second-order valence-electron chi connectivity index (χ2n) is 5.38. The number of rotatable bonds is 5. The molecule has 0 aliphatic heterocycles. The highest BCUT2D eigenvalue weighted by Crippen LogP contribution is 2.22. The highest BCUT2D eigenvalue weighted by atomic mass is 16.4. The van der Waals surface area contributed by atoms with Crippen LogP contribution in [0.5, 0.6) is 0 Å². The number of aliphatic carboxylic acids is 1. The third-order valence-electron chi connectivity index (χ3n) is 3.69. The van der Waals surface area contributed by atoms with Crippen molar-refractivity contribution in [2.24, 2.45) is 0 Å². The van der Waals surface area contributed by atoms with E-state index in [4.69, 9.17) is 0 Å². The van der Waals surface area contributed by atoms with E-state index in [-0.39, 0.29) is 0 Å². The Labute approximate surface area is 133 Å². The SMILES string of the molecule is CCCc1nc(-c2cccnc2)cn2c(C(C)C(=O)O)nnc12. The monoisotopic (exact) mass is 311 g/mol. The average molecular weight is 311 g/mol. The number of carboxylic acids is 1. The molecule has 7 heteroatoms. The number of hydrogen-bond acceptors (Lipinski definition) is 5. The number of pyridine rings is 1. The third-order valence-corrected chi connectivity index (χ3v) is 3.69. The molecule has 3 aromatic rings. The van der Waals surface area contributed by atoms with E-state index in [0.29, 0.717) is 11.5 Å². The van der Waals surface area contributed by atoms with E-state index in [1.54, 1.807) is 29.9 Å². The molecular weight excluding hydrogens is 294 g/mol. The Hall–Kier alpha value is -2.83. The van der Waals surface area contributed by atoms with Crippen molar-refractivity contribution in [2.75, 3.05) is 0 Å². The lowest BCUT2D eigenvalue weighted by atomic mass is 10.1. The van der Waals surface area contributed by atoms with Crippen LogP contribution in [0.2, 0.25) is 0 Å². The fraction of sp³-hybridized carbons (Fsp3) is 0.312. The first-order valence-corrected chi connectivity index (χ1v) is 7.49. The van der Waals surface area contributed by atoms with Gasteiger partial charge in [-0.3, -0.25) is 14.2 Å². The first kappa shape index (κ1) is 15.1. The van der Waals surface area contributed by atoms with E-state index in [0.717, 1.165) is 29.8 Å². The van der Waals surface area contributed by atoms with E-state index in [1.807, 2.05) is 12.1 Å². The Morgan fingerprint density at radius 2 is 2.22 bits per heavy atom. The van der Waals surface area contributed by atoms with Crippen LogP contribution in [-0.4, -0.2) is 35.6 Å². The van der Waals surface area contributed by atoms with Crippen molar-refractivity contribution < 1.29 is 9.90 Å². The van der Waals surface area contributed by atoms with Crippen LogP contribution in [-0.2, 0) is 11.2 Å². The molecule has 3 rings (SSSR count). The predicted octanol–water partition coefficient (Wildman–Crippen LogP) is 2.33.